The van der Waals surface area contributed by atoms with Crippen molar-refractivity contribution in [3.05, 3.63) is 22.3 Å². The number of hydrogen-bond donors (Lipinski definition) is 1. The van der Waals surface area contributed by atoms with Gasteiger partial charge >= 0.3 is 0 Å². The highest BCUT2D eigenvalue weighted by Gasteiger charge is 2.10. The third kappa shape index (κ3) is 4.64. The summed E-state index contributed by atoms with van der Waals surface area (Å²) in [4.78, 5) is 6.75. The molecule has 0 aromatic carbocycles. The highest BCUT2D eigenvalue weighted by molar-refractivity contribution is 9.10. The second-order valence-corrected chi connectivity index (χ2v) is 5.61. The van der Waals surface area contributed by atoms with E-state index in [1.807, 2.05) is 6.20 Å². The third-order valence-corrected chi connectivity index (χ3v) is 2.91. The van der Waals surface area contributed by atoms with E-state index in [2.05, 4.69) is 65.0 Å². The molecule has 96 valence electrons. The zero-order chi connectivity index (χ0) is 12.8. The Kier molecular flexibility index (Phi) is 5.92. The summed E-state index contributed by atoms with van der Waals surface area (Å²) in [5, 5.41) is 3.35. The van der Waals surface area contributed by atoms with Crippen molar-refractivity contribution in [2.45, 2.75) is 27.3 Å². The van der Waals surface area contributed by atoms with Gasteiger partial charge in [-0.2, -0.15) is 0 Å². The average Bonchev–Trinajstić information content (AvgIpc) is 2.25. The summed E-state index contributed by atoms with van der Waals surface area (Å²) >= 11 is 3.48. The largest absolute Gasteiger partial charge is 0.359 e. The molecule has 0 amide bonds. The molecule has 0 spiro atoms. The van der Waals surface area contributed by atoms with Gasteiger partial charge in [0.15, 0.2) is 0 Å². The predicted molar refractivity (Wildman–Crippen MR) is 77.4 cm³/mol. The average molecular weight is 300 g/mol. The van der Waals surface area contributed by atoms with Gasteiger partial charge in [0.05, 0.1) is 0 Å². The fourth-order valence-corrected chi connectivity index (χ4v) is 2.22. The van der Waals surface area contributed by atoms with E-state index >= 15 is 0 Å². The number of rotatable bonds is 6. The van der Waals surface area contributed by atoms with E-state index in [1.54, 1.807) is 0 Å². The number of aromatic nitrogens is 1. The van der Waals surface area contributed by atoms with Crippen LogP contribution in [0.4, 0.5) is 5.82 Å². The second-order valence-electron chi connectivity index (χ2n) is 4.69. The van der Waals surface area contributed by atoms with Gasteiger partial charge in [-0.3, -0.25) is 0 Å². The zero-order valence-corrected chi connectivity index (χ0v) is 12.7. The Bertz CT molecular complexity index is 353. The van der Waals surface area contributed by atoms with Gasteiger partial charge in [-0.05, 0) is 34.5 Å². The molecule has 0 aliphatic carbocycles. The minimum atomic E-state index is 0.637. The Labute approximate surface area is 113 Å². The minimum Gasteiger partial charge on any atom is -0.359 e. The molecule has 17 heavy (non-hydrogen) atoms. The molecule has 1 rings (SSSR count). The number of pyridine rings is 1. The van der Waals surface area contributed by atoms with Gasteiger partial charge in [0.25, 0.3) is 0 Å². The van der Waals surface area contributed by atoms with E-state index in [1.165, 1.54) is 5.56 Å². The number of halogens is 1. The van der Waals surface area contributed by atoms with Crippen molar-refractivity contribution in [1.29, 1.82) is 0 Å². The van der Waals surface area contributed by atoms with Gasteiger partial charge in [-0.1, -0.05) is 20.8 Å². The number of nitrogens with one attached hydrogen (secondary N) is 1. The molecule has 0 fully saturated rings. The molecule has 0 radical (unpaired) electrons. The molecule has 0 bridgehead atoms. The van der Waals surface area contributed by atoms with Gasteiger partial charge in [0.2, 0.25) is 0 Å². The maximum Gasteiger partial charge on any atom is 0.132 e. The Morgan fingerprint density at radius 1 is 1.47 bits per heavy atom. The molecule has 0 saturated carbocycles. The maximum absolute atomic E-state index is 4.52. The Hall–Kier alpha value is -0.610. The van der Waals surface area contributed by atoms with E-state index < -0.39 is 0 Å². The van der Waals surface area contributed by atoms with Crippen molar-refractivity contribution >= 4 is 21.7 Å². The van der Waals surface area contributed by atoms with Crippen LogP contribution in [-0.4, -0.2) is 25.1 Å². The van der Waals surface area contributed by atoms with Crippen LogP contribution >= 0.6 is 15.9 Å². The first-order valence-corrected chi connectivity index (χ1v) is 6.90. The predicted octanol–water partition coefficient (Wildman–Crippen LogP) is 3.05. The lowest BCUT2D eigenvalue weighted by molar-refractivity contribution is 0.630. The molecule has 0 aliphatic heterocycles. The Morgan fingerprint density at radius 2 is 2.18 bits per heavy atom. The summed E-state index contributed by atoms with van der Waals surface area (Å²) in [7, 11) is 2.10. The molecular weight excluding hydrogens is 278 g/mol. The van der Waals surface area contributed by atoms with Crippen molar-refractivity contribution in [1.82, 2.24) is 10.3 Å². The van der Waals surface area contributed by atoms with Crippen molar-refractivity contribution in [3.8, 4) is 0 Å². The smallest absolute Gasteiger partial charge is 0.132 e. The fourth-order valence-electron chi connectivity index (χ4n) is 1.84. The van der Waals surface area contributed by atoms with Crippen LogP contribution in [0.2, 0.25) is 0 Å². The first-order chi connectivity index (χ1) is 8.04. The van der Waals surface area contributed by atoms with Crippen LogP contribution < -0.4 is 10.2 Å². The lowest BCUT2D eigenvalue weighted by Crippen LogP contribution is -2.26. The highest BCUT2D eigenvalue weighted by atomic mass is 79.9. The first kappa shape index (κ1) is 14.5. The summed E-state index contributed by atoms with van der Waals surface area (Å²) in [5.74, 6) is 1.71. The molecule has 0 saturated heterocycles. The van der Waals surface area contributed by atoms with E-state index in [0.29, 0.717) is 5.92 Å². The molecule has 0 aliphatic rings. The van der Waals surface area contributed by atoms with Crippen LogP contribution in [0.1, 0.15) is 26.3 Å². The number of nitrogens with zero attached hydrogens (tertiary/aromatic N) is 2. The molecule has 1 N–H and O–H groups in total. The Morgan fingerprint density at radius 3 is 2.76 bits per heavy atom. The van der Waals surface area contributed by atoms with Gasteiger partial charge in [0, 0.05) is 36.4 Å². The van der Waals surface area contributed by atoms with Crippen LogP contribution in [0.5, 0.6) is 0 Å². The van der Waals surface area contributed by atoms with Crippen LogP contribution in [0.25, 0.3) is 0 Å². The van der Waals surface area contributed by atoms with E-state index in [-0.39, 0.29) is 0 Å². The molecule has 1 aromatic rings. The van der Waals surface area contributed by atoms with Crippen molar-refractivity contribution in [2.24, 2.45) is 5.92 Å². The molecule has 0 atom stereocenters. The van der Waals surface area contributed by atoms with Gasteiger partial charge < -0.3 is 10.2 Å². The van der Waals surface area contributed by atoms with Gasteiger partial charge in [-0.15, -0.1) is 0 Å². The van der Waals surface area contributed by atoms with Crippen molar-refractivity contribution in [2.75, 3.05) is 25.0 Å². The normalized spacial score (nSPS) is 10.9. The third-order valence-electron chi connectivity index (χ3n) is 2.48. The monoisotopic (exact) mass is 299 g/mol. The maximum atomic E-state index is 4.52. The highest BCUT2D eigenvalue weighted by Crippen LogP contribution is 2.21. The number of anilines is 1. The summed E-state index contributed by atoms with van der Waals surface area (Å²) in [5.41, 5.74) is 1.24. The molecule has 1 heterocycles. The molecule has 3 nitrogen and oxygen atoms in total. The van der Waals surface area contributed by atoms with Crippen LogP contribution in [0.15, 0.2) is 16.7 Å². The van der Waals surface area contributed by atoms with Gasteiger partial charge in [-0.25, -0.2) is 4.98 Å². The Balaban J connectivity index is 2.88. The van der Waals surface area contributed by atoms with Crippen LogP contribution in [-0.2, 0) is 6.54 Å². The quantitative estimate of drug-likeness (QED) is 0.875. The van der Waals surface area contributed by atoms with Crippen molar-refractivity contribution in [3.63, 3.8) is 0 Å². The van der Waals surface area contributed by atoms with Crippen LogP contribution in [0, 0.1) is 5.92 Å². The van der Waals surface area contributed by atoms with E-state index in [4.69, 9.17) is 0 Å². The van der Waals surface area contributed by atoms with E-state index in [0.717, 1.165) is 29.9 Å². The van der Waals surface area contributed by atoms with Crippen LogP contribution in [0.3, 0.4) is 0 Å². The van der Waals surface area contributed by atoms with E-state index in [9.17, 15) is 0 Å². The first-order valence-electron chi connectivity index (χ1n) is 6.10. The lowest BCUT2D eigenvalue weighted by Gasteiger charge is -2.23. The molecular formula is C13H22BrN3. The topological polar surface area (TPSA) is 28.2 Å². The summed E-state index contributed by atoms with van der Waals surface area (Å²) in [6.45, 7) is 9.41. The number of hydrogen-bond acceptors (Lipinski definition) is 3. The molecule has 4 heteroatoms. The molecule has 0 unspecified atom stereocenters. The summed E-state index contributed by atoms with van der Waals surface area (Å²) in [6, 6.07) is 2.14. The van der Waals surface area contributed by atoms with Crippen molar-refractivity contribution < 1.29 is 0 Å². The lowest BCUT2D eigenvalue weighted by atomic mass is 10.2. The summed E-state index contributed by atoms with van der Waals surface area (Å²) in [6.07, 6.45) is 1.86. The zero-order valence-electron chi connectivity index (χ0n) is 11.1. The fraction of sp³-hybridized carbons (Fsp3) is 0.615. The molecule has 1 aromatic heterocycles. The standard InChI is InChI=1S/C13H22BrN3/c1-5-15-7-11-6-12(14)8-16-13(11)17(4)9-10(2)3/h6,8,10,15H,5,7,9H2,1-4H3. The second kappa shape index (κ2) is 6.97. The SMILES string of the molecule is CCNCc1cc(Br)cnc1N(C)CC(C)C. The van der Waals surface area contributed by atoms with Gasteiger partial charge in [0.1, 0.15) is 5.82 Å². The minimum absolute atomic E-state index is 0.637. The summed E-state index contributed by atoms with van der Waals surface area (Å²) < 4.78 is 1.03.